The van der Waals surface area contributed by atoms with E-state index in [9.17, 15) is 19.6 Å². The van der Waals surface area contributed by atoms with Crippen LogP contribution in [0.2, 0.25) is 0 Å². The maximum atomic E-state index is 14.8. The van der Waals surface area contributed by atoms with E-state index in [1.165, 1.54) is 30.1 Å². The molecule has 10 nitrogen and oxygen atoms in total. The number of anilines is 2. The van der Waals surface area contributed by atoms with Crippen LogP contribution in [-0.4, -0.2) is 68.9 Å². The van der Waals surface area contributed by atoms with E-state index in [2.05, 4.69) is 43.8 Å². The monoisotopic (exact) mass is 531 g/mol. The molecule has 2 aliphatic rings. The van der Waals surface area contributed by atoms with Gasteiger partial charge in [-0.2, -0.15) is 10.2 Å². The highest BCUT2D eigenvalue weighted by molar-refractivity contribution is 5.80. The number of nitrogens with zero attached hydrogens (tertiary/aromatic N) is 5. The van der Waals surface area contributed by atoms with Crippen LogP contribution < -0.4 is 15.4 Å². The number of alkyl halides is 1. The molecule has 4 atom stereocenters. The molecular weight excluding hydrogens is 501 g/mol. The van der Waals surface area contributed by atoms with Gasteiger partial charge in [0, 0.05) is 30.3 Å². The molecule has 3 heterocycles. The molecule has 1 aromatic heterocycles. The van der Waals surface area contributed by atoms with Gasteiger partial charge in [0.2, 0.25) is 5.95 Å². The molecule has 0 saturated carbocycles. The van der Waals surface area contributed by atoms with E-state index in [-0.39, 0.29) is 30.8 Å². The molecule has 0 radical (unpaired) electrons. The Balaban J connectivity index is 1.26. The number of ether oxygens (including phenoxy) is 1. The average Bonchev–Trinajstić information content (AvgIpc) is 3.49. The molecular formula is C28H30FN7O3. The number of nitrogens with one attached hydrogen (secondary N) is 2. The number of rotatable bonds is 7. The van der Waals surface area contributed by atoms with Crippen LogP contribution in [-0.2, 0) is 4.79 Å². The number of likely N-dealkylation sites (tertiary alicyclic amines) is 1. The third-order valence-electron chi connectivity index (χ3n) is 6.99. The van der Waals surface area contributed by atoms with Gasteiger partial charge in [-0.25, -0.2) is 14.4 Å². The standard InChI is InChI=1S/C28H30FN7O3/c1-17(37)27(38)36-12-10-25(22(29)15-36)39-24-9-6-19(13-20(24)14-30)26-32-16-33-28(35-26)34-21-7-4-18(5-8-21)23-3-2-11-31-23/h4-9,13,16-17,22-23,25,31,37H,2-3,10-12,15H2,1H3,(H,32,33,34,35)/t17-,22-,23+,25-/m0/s1. The number of piperidine rings is 1. The summed E-state index contributed by atoms with van der Waals surface area (Å²) in [5.74, 6) is 0.469. The zero-order chi connectivity index (χ0) is 27.4. The number of nitriles is 1. The molecule has 1 amide bonds. The van der Waals surface area contributed by atoms with E-state index < -0.39 is 24.3 Å². The summed E-state index contributed by atoms with van der Waals surface area (Å²) in [6, 6.07) is 15.5. The molecule has 0 unspecified atom stereocenters. The molecule has 2 aromatic carbocycles. The van der Waals surface area contributed by atoms with Gasteiger partial charge in [0.15, 0.2) is 12.0 Å². The highest BCUT2D eigenvalue weighted by Gasteiger charge is 2.34. The van der Waals surface area contributed by atoms with E-state index in [0.717, 1.165) is 18.7 Å². The van der Waals surface area contributed by atoms with Gasteiger partial charge < -0.3 is 25.4 Å². The van der Waals surface area contributed by atoms with Gasteiger partial charge in [-0.3, -0.25) is 4.79 Å². The molecule has 2 fully saturated rings. The highest BCUT2D eigenvalue weighted by Crippen LogP contribution is 2.29. The molecule has 0 spiro atoms. The average molecular weight is 532 g/mol. The minimum absolute atomic E-state index is 0.171. The predicted octanol–water partition coefficient (Wildman–Crippen LogP) is 3.28. The summed E-state index contributed by atoms with van der Waals surface area (Å²) < 4.78 is 20.6. The Labute approximate surface area is 225 Å². The van der Waals surface area contributed by atoms with E-state index in [1.54, 1.807) is 18.2 Å². The Morgan fingerprint density at radius 3 is 2.77 bits per heavy atom. The summed E-state index contributed by atoms with van der Waals surface area (Å²) in [5.41, 5.74) is 2.89. The largest absolute Gasteiger partial charge is 0.486 e. The molecule has 202 valence electrons. The van der Waals surface area contributed by atoms with Gasteiger partial charge in [0.25, 0.3) is 5.91 Å². The second kappa shape index (κ2) is 11.7. The van der Waals surface area contributed by atoms with Crippen molar-refractivity contribution < 1.29 is 19.0 Å². The molecule has 2 aliphatic heterocycles. The highest BCUT2D eigenvalue weighted by atomic mass is 19.1. The van der Waals surface area contributed by atoms with Crippen LogP contribution in [0.4, 0.5) is 16.0 Å². The van der Waals surface area contributed by atoms with Gasteiger partial charge in [0.1, 0.15) is 30.4 Å². The van der Waals surface area contributed by atoms with Crippen molar-refractivity contribution in [3.05, 3.63) is 59.9 Å². The van der Waals surface area contributed by atoms with Crippen molar-refractivity contribution in [3.8, 4) is 23.2 Å². The summed E-state index contributed by atoms with van der Waals surface area (Å²) >= 11 is 0. The molecule has 3 N–H and O–H groups in total. The smallest absolute Gasteiger partial charge is 0.251 e. The van der Waals surface area contributed by atoms with Crippen LogP contribution in [0.3, 0.4) is 0 Å². The van der Waals surface area contributed by atoms with E-state index in [4.69, 9.17) is 4.74 Å². The molecule has 11 heteroatoms. The third kappa shape index (κ3) is 6.13. The quantitative estimate of drug-likeness (QED) is 0.420. The number of carbonyl (C=O) groups excluding carboxylic acids is 1. The zero-order valence-corrected chi connectivity index (χ0v) is 21.5. The fraction of sp³-hybridized carbons (Fsp3) is 0.393. The number of hydrogen-bond donors (Lipinski definition) is 3. The van der Waals surface area contributed by atoms with Crippen LogP contribution in [0.15, 0.2) is 48.8 Å². The minimum atomic E-state index is -1.45. The second-order valence-electron chi connectivity index (χ2n) is 9.77. The first-order chi connectivity index (χ1) is 18.9. The number of benzene rings is 2. The summed E-state index contributed by atoms with van der Waals surface area (Å²) in [7, 11) is 0. The van der Waals surface area contributed by atoms with Gasteiger partial charge in [-0.05, 0) is 62.2 Å². The van der Waals surface area contributed by atoms with Gasteiger partial charge in [0.05, 0.1) is 12.1 Å². The van der Waals surface area contributed by atoms with Crippen LogP contribution in [0.5, 0.6) is 5.75 Å². The third-order valence-corrected chi connectivity index (χ3v) is 6.99. The van der Waals surface area contributed by atoms with Crippen LogP contribution in [0.1, 0.15) is 43.4 Å². The van der Waals surface area contributed by atoms with Gasteiger partial charge >= 0.3 is 0 Å². The van der Waals surface area contributed by atoms with Gasteiger partial charge in [-0.1, -0.05) is 12.1 Å². The minimum Gasteiger partial charge on any atom is -0.486 e. The molecule has 0 aliphatic carbocycles. The van der Waals surface area contributed by atoms with E-state index in [0.29, 0.717) is 23.4 Å². The van der Waals surface area contributed by atoms with E-state index >= 15 is 0 Å². The summed E-state index contributed by atoms with van der Waals surface area (Å²) in [5, 5.41) is 25.9. The fourth-order valence-electron chi connectivity index (χ4n) is 4.90. The number of aliphatic hydroxyl groups is 1. The number of amides is 1. The van der Waals surface area contributed by atoms with Crippen molar-refractivity contribution in [2.24, 2.45) is 0 Å². The summed E-state index contributed by atoms with van der Waals surface area (Å²) in [4.78, 5) is 26.2. The van der Waals surface area contributed by atoms with E-state index in [1.807, 2.05) is 12.1 Å². The maximum absolute atomic E-state index is 14.8. The lowest BCUT2D eigenvalue weighted by Gasteiger charge is -2.35. The van der Waals surface area contributed by atoms with Crippen LogP contribution >= 0.6 is 0 Å². The Morgan fingerprint density at radius 2 is 2.08 bits per heavy atom. The topological polar surface area (TPSA) is 136 Å². The number of aliphatic hydroxyl groups excluding tert-OH is 1. The Kier molecular flexibility index (Phi) is 7.95. The first-order valence-electron chi connectivity index (χ1n) is 13.0. The first-order valence-corrected chi connectivity index (χ1v) is 13.0. The fourth-order valence-corrected chi connectivity index (χ4v) is 4.90. The van der Waals surface area contributed by atoms with Crippen molar-refractivity contribution in [2.75, 3.05) is 25.0 Å². The predicted molar refractivity (Wildman–Crippen MR) is 142 cm³/mol. The normalized spacial score (nSPS) is 21.7. The molecule has 3 aromatic rings. The van der Waals surface area contributed by atoms with Crippen molar-refractivity contribution in [1.82, 2.24) is 25.2 Å². The summed E-state index contributed by atoms with van der Waals surface area (Å²) in [6.45, 7) is 2.49. The SMILES string of the molecule is C[C@H](O)C(=O)N1CC[C@H](Oc2ccc(-c3ncnc(Nc4ccc([C@H]5CCCN5)cc4)n3)cc2C#N)[C@@H](F)C1. The Hall–Kier alpha value is -4.14. The Morgan fingerprint density at radius 1 is 1.26 bits per heavy atom. The number of hydrogen-bond acceptors (Lipinski definition) is 9. The molecule has 5 rings (SSSR count). The van der Waals surface area contributed by atoms with Gasteiger partial charge in [-0.15, -0.1) is 0 Å². The van der Waals surface area contributed by atoms with Crippen molar-refractivity contribution >= 4 is 17.5 Å². The molecule has 2 saturated heterocycles. The first kappa shape index (κ1) is 26.5. The lowest BCUT2D eigenvalue weighted by Crippen LogP contribution is -2.51. The number of halogens is 1. The second-order valence-corrected chi connectivity index (χ2v) is 9.77. The van der Waals surface area contributed by atoms with Crippen molar-refractivity contribution in [2.45, 2.75) is 50.6 Å². The lowest BCUT2D eigenvalue weighted by atomic mass is 10.0. The number of carbonyl (C=O) groups is 1. The zero-order valence-electron chi connectivity index (χ0n) is 21.5. The van der Waals surface area contributed by atoms with Crippen molar-refractivity contribution in [3.63, 3.8) is 0 Å². The number of aromatic nitrogens is 3. The van der Waals surface area contributed by atoms with Crippen LogP contribution in [0.25, 0.3) is 11.4 Å². The lowest BCUT2D eigenvalue weighted by molar-refractivity contribution is -0.143. The van der Waals surface area contributed by atoms with Crippen molar-refractivity contribution in [1.29, 1.82) is 5.26 Å². The summed E-state index contributed by atoms with van der Waals surface area (Å²) in [6.07, 6.45) is 0.510. The maximum Gasteiger partial charge on any atom is 0.251 e. The Bertz CT molecular complexity index is 1360. The molecule has 0 bridgehead atoms. The molecule has 39 heavy (non-hydrogen) atoms. The van der Waals surface area contributed by atoms with Crippen LogP contribution in [0, 0.1) is 11.3 Å².